The highest BCUT2D eigenvalue weighted by Gasteiger charge is 2.06. The van der Waals surface area contributed by atoms with Crippen molar-refractivity contribution in [1.29, 1.82) is 0 Å². The molecule has 2 rings (SSSR count). The van der Waals surface area contributed by atoms with Crippen LogP contribution in [-0.4, -0.2) is 10.2 Å². The highest BCUT2D eigenvalue weighted by molar-refractivity contribution is 6.33. The molecule has 0 bridgehead atoms. The summed E-state index contributed by atoms with van der Waals surface area (Å²) in [6.07, 6.45) is 0. The molecule has 0 aliphatic heterocycles. The van der Waals surface area contributed by atoms with Gasteiger partial charge in [-0.2, -0.15) is 0 Å². The minimum Gasteiger partial charge on any atom is -0.307 e. The Hall–Kier alpha value is -1.72. The fourth-order valence-electron chi connectivity index (χ4n) is 1.25. The number of anilines is 1. The SMILES string of the molecule is NNc1ccc(-c2ccc(F)cc2Cl)nn1. The van der Waals surface area contributed by atoms with Gasteiger partial charge in [-0.1, -0.05) is 11.6 Å². The van der Waals surface area contributed by atoms with Crippen LogP contribution in [0.5, 0.6) is 0 Å². The third-order valence-corrected chi connectivity index (χ3v) is 2.33. The standard InChI is InChI=1S/C10H8ClFN4/c11-8-5-6(12)1-2-7(8)9-3-4-10(14-13)16-15-9/h1-5H,13H2,(H,14,16). The molecule has 3 N–H and O–H groups in total. The predicted molar refractivity (Wildman–Crippen MR) is 60.2 cm³/mol. The van der Waals surface area contributed by atoms with Gasteiger partial charge in [0, 0.05) is 5.56 Å². The highest BCUT2D eigenvalue weighted by Crippen LogP contribution is 2.26. The molecule has 0 saturated carbocycles. The number of aromatic nitrogens is 2. The lowest BCUT2D eigenvalue weighted by Crippen LogP contribution is -2.09. The van der Waals surface area contributed by atoms with Gasteiger partial charge in [0.2, 0.25) is 0 Å². The first kappa shape index (κ1) is 10.8. The second-order valence-electron chi connectivity index (χ2n) is 3.07. The van der Waals surface area contributed by atoms with Crippen LogP contribution in [0.25, 0.3) is 11.3 Å². The van der Waals surface area contributed by atoms with Crippen LogP contribution in [0.3, 0.4) is 0 Å². The van der Waals surface area contributed by atoms with E-state index in [9.17, 15) is 4.39 Å². The van der Waals surface area contributed by atoms with Crippen LogP contribution in [-0.2, 0) is 0 Å². The molecule has 0 atom stereocenters. The number of hydrogen-bond donors (Lipinski definition) is 2. The molecule has 82 valence electrons. The zero-order valence-electron chi connectivity index (χ0n) is 8.11. The topological polar surface area (TPSA) is 63.8 Å². The van der Waals surface area contributed by atoms with Crippen LogP contribution in [0.4, 0.5) is 10.2 Å². The summed E-state index contributed by atoms with van der Waals surface area (Å²) >= 11 is 5.89. The summed E-state index contributed by atoms with van der Waals surface area (Å²) in [5.41, 5.74) is 3.55. The molecule has 0 aliphatic carbocycles. The van der Waals surface area contributed by atoms with Crippen LogP contribution >= 0.6 is 11.6 Å². The van der Waals surface area contributed by atoms with Crippen LogP contribution in [0.15, 0.2) is 30.3 Å². The molecule has 1 heterocycles. The summed E-state index contributed by atoms with van der Waals surface area (Å²) in [7, 11) is 0. The third kappa shape index (κ3) is 2.10. The molecule has 0 fully saturated rings. The van der Waals surface area contributed by atoms with E-state index in [2.05, 4.69) is 15.6 Å². The normalized spacial score (nSPS) is 10.2. The zero-order chi connectivity index (χ0) is 11.5. The lowest BCUT2D eigenvalue weighted by Gasteiger charge is -2.03. The van der Waals surface area contributed by atoms with Crippen LogP contribution in [0, 0.1) is 5.82 Å². The summed E-state index contributed by atoms with van der Waals surface area (Å²) in [6, 6.07) is 7.45. The van der Waals surface area contributed by atoms with E-state index in [1.807, 2.05) is 0 Å². The number of nitrogen functional groups attached to an aromatic ring is 1. The van der Waals surface area contributed by atoms with Gasteiger partial charge in [-0.15, -0.1) is 10.2 Å². The first-order chi connectivity index (χ1) is 7.70. The summed E-state index contributed by atoms with van der Waals surface area (Å²) in [6.45, 7) is 0. The van der Waals surface area contributed by atoms with Gasteiger partial charge in [0.05, 0.1) is 10.7 Å². The Bertz CT molecular complexity index is 501. The number of rotatable bonds is 2. The maximum Gasteiger partial charge on any atom is 0.162 e. The predicted octanol–water partition coefficient (Wildman–Crippen LogP) is 2.22. The minimum atomic E-state index is -0.387. The Morgan fingerprint density at radius 2 is 2.00 bits per heavy atom. The lowest BCUT2D eigenvalue weighted by molar-refractivity contribution is 0.628. The zero-order valence-corrected chi connectivity index (χ0v) is 8.87. The van der Waals surface area contributed by atoms with Crippen molar-refractivity contribution in [3.63, 3.8) is 0 Å². The van der Waals surface area contributed by atoms with Crippen molar-refractivity contribution < 1.29 is 4.39 Å². The van der Waals surface area contributed by atoms with Crippen molar-refractivity contribution in [2.45, 2.75) is 0 Å². The van der Waals surface area contributed by atoms with E-state index in [1.165, 1.54) is 12.1 Å². The number of hydrazine groups is 1. The summed E-state index contributed by atoms with van der Waals surface area (Å²) in [4.78, 5) is 0. The lowest BCUT2D eigenvalue weighted by atomic mass is 10.1. The number of nitrogens with zero attached hydrogens (tertiary/aromatic N) is 2. The van der Waals surface area contributed by atoms with Crippen molar-refractivity contribution in [2.75, 3.05) is 5.43 Å². The number of nitrogens with two attached hydrogens (primary N) is 1. The molecule has 0 amide bonds. The number of nitrogens with one attached hydrogen (secondary N) is 1. The van der Waals surface area contributed by atoms with Crippen LogP contribution in [0.1, 0.15) is 0 Å². The largest absolute Gasteiger partial charge is 0.307 e. The Kier molecular flexibility index (Phi) is 2.98. The molecule has 2 aromatic rings. The van der Waals surface area contributed by atoms with Gasteiger partial charge in [0.1, 0.15) is 5.82 Å². The summed E-state index contributed by atoms with van der Waals surface area (Å²) in [5.74, 6) is 5.22. The van der Waals surface area contributed by atoms with E-state index < -0.39 is 0 Å². The second kappa shape index (κ2) is 4.42. The van der Waals surface area contributed by atoms with E-state index >= 15 is 0 Å². The van der Waals surface area contributed by atoms with Crippen molar-refractivity contribution in [2.24, 2.45) is 5.84 Å². The molecule has 0 aliphatic rings. The molecular weight excluding hydrogens is 231 g/mol. The molecule has 0 unspecified atom stereocenters. The van der Waals surface area contributed by atoms with Gasteiger partial charge in [-0.3, -0.25) is 0 Å². The van der Waals surface area contributed by atoms with Crippen LogP contribution in [0.2, 0.25) is 5.02 Å². The third-order valence-electron chi connectivity index (χ3n) is 2.02. The Labute approximate surface area is 96.2 Å². The quantitative estimate of drug-likeness (QED) is 0.622. The van der Waals surface area contributed by atoms with Crippen molar-refractivity contribution >= 4 is 17.4 Å². The fraction of sp³-hybridized carbons (Fsp3) is 0. The minimum absolute atomic E-state index is 0.294. The number of halogens is 2. The van der Waals surface area contributed by atoms with Crippen molar-refractivity contribution in [3.05, 3.63) is 41.2 Å². The Morgan fingerprint density at radius 3 is 2.56 bits per heavy atom. The average molecular weight is 239 g/mol. The van der Waals surface area contributed by atoms with E-state index in [-0.39, 0.29) is 5.82 Å². The van der Waals surface area contributed by atoms with Crippen molar-refractivity contribution in [1.82, 2.24) is 10.2 Å². The maximum absolute atomic E-state index is 12.8. The molecule has 1 aromatic carbocycles. The molecule has 0 saturated heterocycles. The molecule has 4 nitrogen and oxygen atoms in total. The first-order valence-corrected chi connectivity index (χ1v) is 4.84. The molecule has 1 aromatic heterocycles. The smallest absolute Gasteiger partial charge is 0.162 e. The molecule has 0 spiro atoms. The molecule has 0 radical (unpaired) electrons. The van der Waals surface area contributed by atoms with E-state index in [1.54, 1.807) is 18.2 Å². The van der Waals surface area contributed by atoms with E-state index in [4.69, 9.17) is 17.4 Å². The van der Waals surface area contributed by atoms with Crippen LogP contribution < -0.4 is 11.3 Å². The molecule has 16 heavy (non-hydrogen) atoms. The second-order valence-corrected chi connectivity index (χ2v) is 3.48. The van der Waals surface area contributed by atoms with Gasteiger partial charge in [-0.25, -0.2) is 10.2 Å². The maximum atomic E-state index is 12.8. The van der Waals surface area contributed by atoms with Gasteiger partial charge >= 0.3 is 0 Å². The van der Waals surface area contributed by atoms with Gasteiger partial charge in [-0.05, 0) is 30.3 Å². The van der Waals surface area contributed by atoms with Gasteiger partial charge in [0.25, 0.3) is 0 Å². The molecule has 6 heteroatoms. The highest BCUT2D eigenvalue weighted by atomic mass is 35.5. The summed E-state index contributed by atoms with van der Waals surface area (Å²) in [5, 5.41) is 8.00. The Balaban J connectivity index is 2.42. The number of benzene rings is 1. The van der Waals surface area contributed by atoms with Gasteiger partial charge < -0.3 is 5.43 Å². The first-order valence-electron chi connectivity index (χ1n) is 4.46. The van der Waals surface area contributed by atoms with Gasteiger partial charge in [0.15, 0.2) is 5.82 Å². The van der Waals surface area contributed by atoms with E-state index in [0.717, 1.165) is 0 Å². The average Bonchev–Trinajstić information content (AvgIpc) is 2.29. The summed E-state index contributed by atoms with van der Waals surface area (Å²) < 4.78 is 12.8. The molecular formula is C10H8ClFN4. The fourth-order valence-corrected chi connectivity index (χ4v) is 1.51. The van der Waals surface area contributed by atoms with Crippen molar-refractivity contribution in [3.8, 4) is 11.3 Å². The van der Waals surface area contributed by atoms with E-state index in [0.29, 0.717) is 22.1 Å². The monoisotopic (exact) mass is 238 g/mol. The Morgan fingerprint density at radius 1 is 1.19 bits per heavy atom. The number of hydrogen-bond acceptors (Lipinski definition) is 4.